The van der Waals surface area contributed by atoms with Crippen LogP contribution in [0.25, 0.3) is 0 Å². The van der Waals surface area contributed by atoms with Crippen LogP contribution >= 0.6 is 0 Å². The lowest BCUT2D eigenvalue weighted by Crippen LogP contribution is -2.28. The van der Waals surface area contributed by atoms with Crippen LogP contribution in [0, 0.1) is 5.82 Å². The summed E-state index contributed by atoms with van der Waals surface area (Å²) in [5.41, 5.74) is 1.48. The van der Waals surface area contributed by atoms with Crippen molar-refractivity contribution in [3.05, 3.63) is 53.9 Å². The van der Waals surface area contributed by atoms with Gasteiger partial charge in [-0.15, -0.1) is 0 Å². The zero-order valence-electron chi connectivity index (χ0n) is 12.7. The fraction of sp³-hybridized carbons (Fsp3) is 0.353. The number of para-hydroxylation sites is 1. The summed E-state index contributed by atoms with van der Waals surface area (Å²) in [5.74, 6) is -0.217. The summed E-state index contributed by atoms with van der Waals surface area (Å²) >= 11 is 0. The number of nitrogens with one attached hydrogen (secondary N) is 1. The van der Waals surface area contributed by atoms with E-state index in [4.69, 9.17) is 4.74 Å². The van der Waals surface area contributed by atoms with Gasteiger partial charge in [-0.25, -0.2) is 4.39 Å². The zero-order chi connectivity index (χ0) is 16.1. The van der Waals surface area contributed by atoms with Crippen molar-refractivity contribution in [3.63, 3.8) is 0 Å². The van der Waals surface area contributed by atoms with Gasteiger partial charge in [-0.2, -0.15) is 0 Å². The smallest absolute Gasteiger partial charge is 0.220 e. The Morgan fingerprint density at radius 2 is 2.30 bits per heavy atom. The van der Waals surface area contributed by atoms with Gasteiger partial charge in [-0.1, -0.05) is 12.1 Å². The van der Waals surface area contributed by atoms with Crippen LogP contribution in [0.4, 0.5) is 4.39 Å². The van der Waals surface area contributed by atoms with Gasteiger partial charge in [0.1, 0.15) is 0 Å². The Morgan fingerprint density at radius 3 is 3.13 bits per heavy atom. The van der Waals surface area contributed by atoms with Crippen molar-refractivity contribution in [2.75, 3.05) is 6.61 Å². The van der Waals surface area contributed by atoms with Crippen molar-refractivity contribution in [1.82, 2.24) is 15.3 Å². The molecule has 0 radical (unpaired) electrons. The van der Waals surface area contributed by atoms with Gasteiger partial charge in [0, 0.05) is 30.6 Å². The van der Waals surface area contributed by atoms with Gasteiger partial charge in [-0.3, -0.25) is 14.8 Å². The number of aryl methyl sites for hydroxylation is 1. The first-order chi connectivity index (χ1) is 11.2. The minimum absolute atomic E-state index is 0.0854. The average Bonchev–Trinajstić information content (AvgIpc) is 2.78. The number of hydrogen-bond acceptors (Lipinski definition) is 4. The molecule has 1 N–H and O–H groups in total. The predicted molar refractivity (Wildman–Crippen MR) is 82.4 cm³/mol. The maximum absolute atomic E-state index is 13.9. The first kappa shape index (κ1) is 15.4. The van der Waals surface area contributed by atoms with Gasteiger partial charge < -0.3 is 10.1 Å². The minimum Gasteiger partial charge on any atom is -0.490 e. The number of benzene rings is 1. The van der Waals surface area contributed by atoms with Gasteiger partial charge in [-0.05, 0) is 25.3 Å². The molecule has 0 saturated carbocycles. The number of carbonyl (C=O) groups is 1. The van der Waals surface area contributed by atoms with E-state index in [1.807, 2.05) is 0 Å². The van der Waals surface area contributed by atoms with Crippen LogP contribution in [0.3, 0.4) is 0 Å². The Morgan fingerprint density at radius 1 is 1.39 bits per heavy atom. The molecule has 0 fully saturated rings. The van der Waals surface area contributed by atoms with Gasteiger partial charge in [0.15, 0.2) is 11.6 Å². The van der Waals surface area contributed by atoms with E-state index >= 15 is 0 Å². The van der Waals surface area contributed by atoms with Crippen LogP contribution in [0.2, 0.25) is 0 Å². The van der Waals surface area contributed by atoms with Crippen molar-refractivity contribution >= 4 is 5.91 Å². The van der Waals surface area contributed by atoms with Crippen LogP contribution < -0.4 is 10.1 Å². The van der Waals surface area contributed by atoms with Crippen LogP contribution in [-0.4, -0.2) is 22.5 Å². The van der Waals surface area contributed by atoms with Crippen molar-refractivity contribution in [2.24, 2.45) is 0 Å². The Bertz CT molecular complexity index is 679. The molecule has 23 heavy (non-hydrogen) atoms. The number of hydrogen-bond donors (Lipinski definition) is 1. The fourth-order valence-corrected chi connectivity index (χ4v) is 2.69. The fourth-order valence-electron chi connectivity index (χ4n) is 2.69. The number of nitrogens with zero attached hydrogens (tertiary/aromatic N) is 2. The molecule has 2 aromatic rings. The van der Waals surface area contributed by atoms with E-state index in [1.54, 1.807) is 30.7 Å². The van der Waals surface area contributed by atoms with Gasteiger partial charge in [0.05, 0.1) is 18.3 Å². The molecule has 1 aliphatic rings. The second-order valence-corrected chi connectivity index (χ2v) is 5.47. The Hall–Kier alpha value is -2.50. The predicted octanol–water partition coefficient (Wildman–Crippen LogP) is 2.58. The monoisotopic (exact) mass is 315 g/mol. The molecule has 1 atom stereocenters. The lowest BCUT2D eigenvalue weighted by Gasteiger charge is -2.18. The highest BCUT2D eigenvalue weighted by molar-refractivity contribution is 5.76. The SMILES string of the molecule is O=C(CCc1cnccn1)N[C@H]1CCCOc2c(F)cccc21. The molecule has 2 heterocycles. The molecule has 1 aromatic heterocycles. The first-order valence-electron chi connectivity index (χ1n) is 7.69. The maximum atomic E-state index is 13.9. The third-order valence-electron chi connectivity index (χ3n) is 3.82. The second-order valence-electron chi connectivity index (χ2n) is 5.47. The normalized spacial score (nSPS) is 16.8. The van der Waals surface area contributed by atoms with Crippen LogP contribution in [0.1, 0.15) is 36.6 Å². The largest absolute Gasteiger partial charge is 0.490 e. The number of fused-ring (bicyclic) bond motifs is 1. The van der Waals surface area contributed by atoms with E-state index in [1.165, 1.54) is 6.07 Å². The van der Waals surface area contributed by atoms with E-state index in [0.29, 0.717) is 25.0 Å². The van der Waals surface area contributed by atoms with Crippen molar-refractivity contribution < 1.29 is 13.9 Å². The number of aromatic nitrogens is 2. The number of ether oxygens (including phenoxy) is 1. The highest BCUT2D eigenvalue weighted by Crippen LogP contribution is 2.33. The van der Waals surface area contributed by atoms with Gasteiger partial charge in [0.2, 0.25) is 5.91 Å². The molecule has 0 aliphatic carbocycles. The van der Waals surface area contributed by atoms with Gasteiger partial charge >= 0.3 is 0 Å². The summed E-state index contributed by atoms with van der Waals surface area (Å²) in [7, 11) is 0. The Labute approximate surface area is 133 Å². The molecule has 0 spiro atoms. The van der Waals surface area contributed by atoms with E-state index in [2.05, 4.69) is 15.3 Å². The highest BCUT2D eigenvalue weighted by atomic mass is 19.1. The number of carbonyl (C=O) groups excluding carboxylic acids is 1. The molecule has 3 rings (SSSR count). The minimum atomic E-state index is -0.386. The van der Waals surface area contributed by atoms with E-state index < -0.39 is 0 Å². The molecular formula is C17H18FN3O2. The molecule has 1 aliphatic heterocycles. The van der Waals surface area contributed by atoms with Gasteiger partial charge in [0.25, 0.3) is 0 Å². The highest BCUT2D eigenvalue weighted by Gasteiger charge is 2.23. The topological polar surface area (TPSA) is 64.1 Å². The first-order valence-corrected chi connectivity index (χ1v) is 7.69. The van der Waals surface area contributed by atoms with Crippen LogP contribution in [0.15, 0.2) is 36.8 Å². The standard InChI is InChI=1S/C17H18FN3O2/c18-14-4-1-3-13-15(5-2-10-23-17(13)14)21-16(22)7-6-12-11-19-8-9-20-12/h1,3-4,8-9,11,15H,2,5-7,10H2,(H,21,22)/t15-/m0/s1. The molecule has 5 nitrogen and oxygen atoms in total. The van der Waals surface area contributed by atoms with Crippen molar-refractivity contribution in [1.29, 1.82) is 0 Å². The Balaban J connectivity index is 1.65. The zero-order valence-corrected chi connectivity index (χ0v) is 12.7. The quantitative estimate of drug-likeness (QED) is 0.942. The van der Waals surface area contributed by atoms with E-state index in [0.717, 1.165) is 18.5 Å². The lowest BCUT2D eigenvalue weighted by molar-refractivity contribution is -0.121. The molecule has 1 amide bonds. The van der Waals surface area contributed by atoms with E-state index in [-0.39, 0.29) is 23.5 Å². The molecule has 6 heteroatoms. The number of halogens is 1. The summed E-state index contributed by atoms with van der Waals surface area (Å²) in [4.78, 5) is 20.3. The molecule has 0 unspecified atom stereocenters. The maximum Gasteiger partial charge on any atom is 0.220 e. The Kier molecular flexibility index (Phi) is 4.80. The molecular weight excluding hydrogens is 297 g/mol. The second kappa shape index (κ2) is 7.17. The van der Waals surface area contributed by atoms with E-state index in [9.17, 15) is 9.18 Å². The molecule has 0 saturated heterocycles. The van der Waals surface area contributed by atoms with Crippen molar-refractivity contribution in [2.45, 2.75) is 31.7 Å². The van der Waals surface area contributed by atoms with Crippen molar-refractivity contribution in [3.8, 4) is 5.75 Å². The molecule has 1 aromatic carbocycles. The third kappa shape index (κ3) is 3.83. The lowest BCUT2D eigenvalue weighted by atomic mass is 10.0. The number of amides is 1. The third-order valence-corrected chi connectivity index (χ3v) is 3.82. The summed E-state index contributed by atoms with van der Waals surface area (Å²) in [6.07, 6.45) is 7.20. The van der Waals surface area contributed by atoms with Crippen LogP contribution in [0.5, 0.6) is 5.75 Å². The summed E-state index contributed by atoms with van der Waals surface area (Å²) in [5, 5.41) is 2.98. The average molecular weight is 315 g/mol. The summed E-state index contributed by atoms with van der Waals surface area (Å²) < 4.78 is 19.4. The summed E-state index contributed by atoms with van der Waals surface area (Å²) in [6.45, 7) is 0.458. The molecule has 120 valence electrons. The van der Waals surface area contributed by atoms with Crippen LogP contribution in [-0.2, 0) is 11.2 Å². The number of rotatable bonds is 4. The molecule has 0 bridgehead atoms. The summed E-state index contributed by atoms with van der Waals surface area (Å²) in [6, 6.07) is 4.59.